The molecule has 0 aliphatic rings. The number of aromatic nitrogens is 3. The fraction of sp³-hybridized carbons (Fsp3) is 0. The number of thiazole rings is 1. The van der Waals surface area contributed by atoms with Crippen molar-refractivity contribution in [2.75, 3.05) is 5.32 Å². The number of hydrogen-bond donors (Lipinski definition) is 1. The van der Waals surface area contributed by atoms with Gasteiger partial charge in [-0.3, -0.25) is 4.79 Å². The van der Waals surface area contributed by atoms with Gasteiger partial charge in [0.2, 0.25) is 0 Å². The first-order valence-electron chi connectivity index (χ1n) is 7.54. The summed E-state index contributed by atoms with van der Waals surface area (Å²) in [5.41, 5.74) is 2.68. The Kier molecular flexibility index (Phi) is 4.80. The summed E-state index contributed by atoms with van der Waals surface area (Å²) in [5, 5.41) is 5.46. The molecule has 0 saturated carbocycles. The fourth-order valence-corrected chi connectivity index (χ4v) is 3.73. The molecule has 3 heterocycles. The summed E-state index contributed by atoms with van der Waals surface area (Å²) in [6.07, 6.45) is 1.68. The molecule has 0 saturated heterocycles. The standard InChI is InChI=1S/C18H10Br2N4OS/c19-12-5-3-10(4-6-12)13-8-11-2-1-7-21-15(11)23-16(13)24-17(25)14-9-26-18(20)22-14/h1-9H,(H,21,23,24,25). The minimum Gasteiger partial charge on any atom is -0.305 e. The molecule has 0 fully saturated rings. The van der Waals surface area contributed by atoms with Gasteiger partial charge in [-0.2, -0.15) is 0 Å². The average Bonchev–Trinajstić information content (AvgIpc) is 3.08. The molecule has 128 valence electrons. The first kappa shape index (κ1) is 17.3. The molecule has 1 N–H and O–H groups in total. The van der Waals surface area contributed by atoms with Gasteiger partial charge in [0.1, 0.15) is 11.5 Å². The van der Waals surface area contributed by atoms with E-state index < -0.39 is 0 Å². The molecule has 4 rings (SSSR count). The van der Waals surface area contributed by atoms with Crippen LogP contribution in [0.4, 0.5) is 5.82 Å². The normalized spacial score (nSPS) is 10.8. The zero-order chi connectivity index (χ0) is 18.1. The molecule has 3 aromatic heterocycles. The summed E-state index contributed by atoms with van der Waals surface area (Å²) < 4.78 is 1.64. The predicted octanol–water partition coefficient (Wildman–Crippen LogP) is 5.53. The summed E-state index contributed by atoms with van der Waals surface area (Å²) in [6, 6.07) is 13.6. The number of carbonyl (C=O) groups is 1. The number of pyridine rings is 2. The molecule has 4 aromatic rings. The van der Waals surface area contributed by atoms with E-state index in [0.717, 1.165) is 21.0 Å². The number of carbonyl (C=O) groups excluding carboxylic acids is 1. The Hall–Kier alpha value is -2.16. The Morgan fingerprint density at radius 3 is 2.62 bits per heavy atom. The van der Waals surface area contributed by atoms with Gasteiger partial charge in [0.15, 0.2) is 9.56 Å². The smallest absolute Gasteiger partial charge is 0.276 e. The van der Waals surface area contributed by atoms with Crippen molar-refractivity contribution in [2.45, 2.75) is 0 Å². The number of nitrogens with zero attached hydrogens (tertiary/aromatic N) is 3. The Labute approximate surface area is 169 Å². The predicted molar refractivity (Wildman–Crippen MR) is 110 cm³/mol. The topological polar surface area (TPSA) is 67.8 Å². The monoisotopic (exact) mass is 488 g/mol. The third kappa shape index (κ3) is 3.53. The first-order chi connectivity index (χ1) is 12.6. The van der Waals surface area contributed by atoms with Crippen LogP contribution in [0, 0.1) is 0 Å². The molecular formula is C18H10Br2N4OS. The van der Waals surface area contributed by atoms with Gasteiger partial charge in [-0.1, -0.05) is 28.1 Å². The van der Waals surface area contributed by atoms with Crippen molar-refractivity contribution in [1.29, 1.82) is 0 Å². The van der Waals surface area contributed by atoms with E-state index in [1.165, 1.54) is 11.3 Å². The second kappa shape index (κ2) is 7.22. The van der Waals surface area contributed by atoms with Gasteiger partial charge < -0.3 is 5.32 Å². The number of hydrogen-bond acceptors (Lipinski definition) is 5. The third-order valence-corrected chi connectivity index (χ3v) is 5.58. The molecule has 1 amide bonds. The number of benzene rings is 1. The van der Waals surface area contributed by atoms with Gasteiger partial charge in [0.25, 0.3) is 5.91 Å². The summed E-state index contributed by atoms with van der Waals surface area (Å²) >= 11 is 8.07. The molecule has 0 radical (unpaired) electrons. The number of rotatable bonds is 3. The van der Waals surface area contributed by atoms with E-state index in [2.05, 4.69) is 52.1 Å². The van der Waals surface area contributed by atoms with Crippen LogP contribution in [-0.2, 0) is 0 Å². The molecule has 26 heavy (non-hydrogen) atoms. The lowest BCUT2D eigenvalue weighted by atomic mass is 10.0. The molecular weight excluding hydrogens is 480 g/mol. The minimum absolute atomic E-state index is 0.312. The minimum atomic E-state index is -0.312. The number of nitrogens with one attached hydrogen (secondary N) is 1. The summed E-state index contributed by atoms with van der Waals surface area (Å²) in [7, 11) is 0. The van der Waals surface area contributed by atoms with Crippen molar-refractivity contribution in [2.24, 2.45) is 0 Å². The largest absolute Gasteiger partial charge is 0.305 e. The van der Waals surface area contributed by atoms with Crippen LogP contribution in [0.2, 0.25) is 0 Å². The number of anilines is 1. The van der Waals surface area contributed by atoms with Crippen molar-refractivity contribution in [3.05, 3.63) is 68.1 Å². The van der Waals surface area contributed by atoms with Crippen LogP contribution in [0.3, 0.4) is 0 Å². The van der Waals surface area contributed by atoms with E-state index in [4.69, 9.17) is 0 Å². The van der Waals surface area contributed by atoms with E-state index >= 15 is 0 Å². The second-order valence-electron chi connectivity index (χ2n) is 5.38. The lowest BCUT2D eigenvalue weighted by Crippen LogP contribution is -2.14. The number of amides is 1. The molecule has 0 spiro atoms. The van der Waals surface area contributed by atoms with E-state index in [9.17, 15) is 4.79 Å². The summed E-state index contributed by atoms with van der Waals surface area (Å²) in [6.45, 7) is 0. The SMILES string of the molecule is O=C(Nc1nc2ncccc2cc1-c1ccc(Br)cc1)c1csc(Br)n1. The second-order valence-corrected chi connectivity index (χ2v) is 8.43. The quantitative estimate of drug-likeness (QED) is 0.410. The zero-order valence-corrected chi connectivity index (χ0v) is 17.1. The molecule has 0 bridgehead atoms. The van der Waals surface area contributed by atoms with Gasteiger partial charge in [-0.15, -0.1) is 11.3 Å². The van der Waals surface area contributed by atoms with E-state index in [1.54, 1.807) is 11.6 Å². The highest BCUT2D eigenvalue weighted by Gasteiger charge is 2.16. The van der Waals surface area contributed by atoms with Crippen LogP contribution in [0.15, 0.2) is 62.4 Å². The Balaban J connectivity index is 1.81. The number of fused-ring (bicyclic) bond motifs is 1. The summed E-state index contributed by atoms with van der Waals surface area (Å²) in [5.74, 6) is 0.140. The lowest BCUT2D eigenvalue weighted by molar-refractivity contribution is 0.102. The molecule has 0 atom stereocenters. The first-order valence-corrected chi connectivity index (χ1v) is 10.0. The maximum absolute atomic E-state index is 12.5. The van der Waals surface area contributed by atoms with Crippen LogP contribution in [0.5, 0.6) is 0 Å². The van der Waals surface area contributed by atoms with Gasteiger partial charge >= 0.3 is 0 Å². The van der Waals surface area contributed by atoms with Crippen molar-refractivity contribution in [3.8, 4) is 11.1 Å². The van der Waals surface area contributed by atoms with Gasteiger partial charge in [-0.25, -0.2) is 15.0 Å². The van der Waals surface area contributed by atoms with Crippen molar-refractivity contribution in [3.63, 3.8) is 0 Å². The van der Waals surface area contributed by atoms with Crippen LogP contribution >= 0.6 is 43.2 Å². The van der Waals surface area contributed by atoms with Crippen LogP contribution < -0.4 is 5.32 Å². The third-order valence-electron chi connectivity index (χ3n) is 3.69. The average molecular weight is 490 g/mol. The molecule has 0 unspecified atom stereocenters. The van der Waals surface area contributed by atoms with Gasteiger partial charge in [-0.05, 0) is 51.8 Å². The molecule has 1 aromatic carbocycles. The van der Waals surface area contributed by atoms with E-state index in [0.29, 0.717) is 21.1 Å². The van der Waals surface area contributed by atoms with E-state index in [1.807, 2.05) is 42.5 Å². The molecule has 5 nitrogen and oxygen atoms in total. The Bertz CT molecular complexity index is 1110. The molecule has 0 aliphatic heterocycles. The fourth-order valence-electron chi connectivity index (χ4n) is 2.48. The maximum Gasteiger partial charge on any atom is 0.276 e. The van der Waals surface area contributed by atoms with Crippen LogP contribution in [0.25, 0.3) is 22.2 Å². The van der Waals surface area contributed by atoms with Crippen molar-refractivity contribution in [1.82, 2.24) is 15.0 Å². The number of halogens is 2. The Morgan fingerprint density at radius 1 is 1.08 bits per heavy atom. The van der Waals surface area contributed by atoms with Crippen molar-refractivity contribution >= 4 is 66.0 Å². The van der Waals surface area contributed by atoms with Crippen LogP contribution in [-0.4, -0.2) is 20.9 Å². The summed E-state index contributed by atoms with van der Waals surface area (Å²) in [4.78, 5) is 25.5. The van der Waals surface area contributed by atoms with Crippen molar-refractivity contribution < 1.29 is 4.79 Å². The lowest BCUT2D eigenvalue weighted by Gasteiger charge is -2.11. The highest BCUT2D eigenvalue weighted by Crippen LogP contribution is 2.31. The maximum atomic E-state index is 12.5. The van der Waals surface area contributed by atoms with E-state index in [-0.39, 0.29) is 5.91 Å². The van der Waals surface area contributed by atoms with Crippen LogP contribution in [0.1, 0.15) is 10.5 Å². The highest BCUT2D eigenvalue weighted by molar-refractivity contribution is 9.11. The zero-order valence-electron chi connectivity index (χ0n) is 13.1. The Morgan fingerprint density at radius 2 is 1.88 bits per heavy atom. The van der Waals surface area contributed by atoms with Gasteiger partial charge in [0, 0.05) is 27.0 Å². The molecule has 0 aliphatic carbocycles. The molecule has 8 heteroatoms. The van der Waals surface area contributed by atoms with Gasteiger partial charge in [0.05, 0.1) is 0 Å². The highest BCUT2D eigenvalue weighted by atomic mass is 79.9.